The number of benzene rings is 3. The van der Waals surface area contributed by atoms with Crippen LogP contribution in [0.5, 0.6) is 0 Å². The minimum Gasteiger partial charge on any atom is -0.375 e. The summed E-state index contributed by atoms with van der Waals surface area (Å²) in [6.07, 6.45) is 12.7. The number of anilines is 2. The third kappa shape index (κ3) is 8.64. The predicted octanol–water partition coefficient (Wildman–Crippen LogP) is 9.38. The number of nitrogens with one attached hydrogen (secondary N) is 3. The van der Waals surface area contributed by atoms with Crippen LogP contribution in [0.4, 0.5) is 11.4 Å². The van der Waals surface area contributed by atoms with Crippen LogP contribution in [0.25, 0.3) is 22.5 Å². The number of carbonyl (C=O) groups excluding carboxylic acids is 1. The standard InChI is InChI=1S/C46H56N6O2/c1-4-25-51(26-24-33-10-8-11-33)39-22-18-36(19-23-39)45-49-30-43(46(54)52(45)31-44(53)48-29-38-21-20-37(5-2)50-38)47-28-34-17-16-32(3)42(27-34)41-15-7-6-14-40(41)35-12-9-13-35/h6-7,14-23,27,30,33,35,47,50H,4-5,8-13,24-26,28-29,31H2,1-3H3,(H,48,53). The Morgan fingerprint density at radius 1 is 0.889 bits per heavy atom. The number of amides is 1. The highest BCUT2D eigenvalue weighted by Gasteiger charge is 2.23. The molecule has 3 N–H and O–H groups in total. The van der Waals surface area contributed by atoms with Gasteiger partial charge < -0.3 is 20.5 Å². The Balaban J connectivity index is 1.13. The first-order valence-electron chi connectivity index (χ1n) is 20.2. The van der Waals surface area contributed by atoms with E-state index in [-0.39, 0.29) is 18.0 Å². The number of aryl methyl sites for hydroxylation is 2. The Labute approximate surface area is 320 Å². The molecule has 2 aliphatic rings. The number of hydrogen-bond donors (Lipinski definition) is 3. The van der Waals surface area contributed by atoms with Crippen molar-refractivity contribution >= 4 is 17.3 Å². The molecule has 2 heterocycles. The lowest BCUT2D eigenvalue weighted by molar-refractivity contribution is -0.121. The van der Waals surface area contributed by atoms with Crippen LogP contribution in [-0.2, 0) is 30.8 Å². The van der Waals surface area contributed by atoms with Gasteiger partial charge in [-0.3, -0.25) is 14.2 Å². The number of carbonyl (C=O) groups is 1. The van der Waals surface area contributed by atoms with Gasteiger partial charge in [0.1, 0.15) is 18.1 Å². The summed E-state index contributed by atoms with van der Waals surface area (Å²) in [6.45, 7) is 9.20. The number of aromatic amines is 1. The second-order valence-corrected chi connectivity index (χ2v) is 15.4. The van der Waals surface area contributed by atoms with Gasteiger partial charge in [0.15, 0.2) is 0 Å². The Bertz CT molecular complexity index is 2090. The maximum absolute atomic E-state index is 14.2. The molecule has 2 aliphatic carbocycles. The zero-order chi connectivity index (χ0) is 37.4. The second kappa shape index (κ2) is 17.4. The summed E-state index contributed by atoms with van der Waals surface area (Å²) in [6, 6.07) is 27.7. The number of aromatic nitrogens is 3. The fourth-order valence-corrected chi connectivity index (χ4v) is 7.85. The van der Waals surface area contributed by atoms with Crippen LogP contribution in [0, 0.1) is 12.8 Å². The average Bonchev–Trinajstić information content (AvgIpc) is 3.62. The van der Waals surface area contributed by atoms with Gasteiger partial charge in [-0.05, 0) is 121 Å². The molecular formula is C46H56N6O2. The van der Waals surface area contributed by atoms with Crippen LogP contribution in [0.1, 0.15) is 99.2 Å². The molecule has 0 radical (unpaired) electrons. The molecule has 54 heavy (non-hydrogen) atoms. The third-order valence-electron chi connectivity index (χ3n) is 11.6. The largest absolute Gasteiger partial charge is 0.375 e. The van der Waals surface area contributed by atoms with Gasteiger partial charge in [0.2, 0.25) is 5.91 Å². The van der Waals surface area contributed by atoms with Gasteiger partial charge in [-0.2, -0.15) is 0 Å². The molecule has 1 amide bonds. The fraction of sp³-hybridized carbons (Fsp3) is 0.413. The highest BCUT2D eigenvalue weighted by Crippen LogP contribution is 2.42. The van der Waals surface area contributed by atoms with Crippen LogP contribution in [0.3, 0.4) is 0 Å². The number of nitrogens with zero attached hydrogens (tertiary/aromatic N) is 3. The van der Waals surface area contributed by atoms with E-state index >= 15 is 0 Å². The topological polar surface area (TPSA) is 95.1 Å². The van der Waals surface area contributed by atoms with E-state index in [1.165, 1.54) is 77.5 Å². The van der Waals surface area contributed by atoms with Crippen molar-refractivity contribution in [2.75, 3.05) is 23.3 Å². The zero-order valence-corrected chi connectivity index (χ0v) is 32.3. The van der Waals surface area contributed by atoms with Gasteiger partial charge in [-0.15, -0.1) is 0 Å². The molecule has 7 rings (SSSR count). The molecule has 8 heteroatoms. The van der Waals surface area contributed by atoms with Gasteiger partial charge in [-0.1, -0.05) is 75.9 Å². The summed E-state index contributed by atoms with van der Waals surface area (Å²) in [5, 5.41) is 6.38. The maximum Gasteiger partial charge on any atom is 0.277 e. The van der Waals surface area contributed by atoms with E-state index < -0.39 is 0 Å². The first kappa shape index (κ1) is 37.2. The van der Waals surface area contributed by atoms with Crippen molar-refractivity contribution in [3.05, 3.63) is 123 Å². The molecule has 0 bridgehead atoms. The first-order chi connectivity index (χ1) is 26.4. The lowest BCUT2D eigenvalue weighted by Crippen LogP contribution is -2.34. The smallest absolute Gasteiger partial charge is 0.277 e. The van der Waals surface area contributed by atoms with Gasteiger partial charge in [0.25, 0.3) is 5.56 Å². The van der Waals surface area contributed by atoms with E-state index in [0.29, 0.717) is 30.5 Å². The quantitative estimate of drug-likeness (QED) is 0.0889. The summed E-state index contributed by atoms with van der Waals surface area (Å²) >= 11 is 0. The SMILES string of the molecule is CCCN(CCC1CCC1)c1ccc(-c2ncc(NCc3ccc(C)c(-c4ccccc4C4CCC4)c3)c(=O)n2CC(=O)NCc2ccc(CC)[nH]2)cc1. The minimum absolute atomic E-state index is 0.143. The summed E-state index contributed by atoms with van der Waals surface area (Å²) < 4.78 is 1.51. The monoisotopic (exact) mass is 724 g/mol. The van der Waals surface area contributed by atoms with E-state index in [9.17, 15) is 9.59 Å². The molecule has 2 fully saturated rings. The molecule has 2 saturated carbocycles. The Morgan fingerprint density at radius 3 is 2.37 bits per heavy atom. The molecule has 0 saturated heterocycles. The molecule has 3 aromatic carbocycles. The lowest BCUT2D eigenvalue weighted by Gasteiger charge is -2.30. The van der Waals surface area contributed by atoms with Crippen molar-refractivity contribution in [3.63, 3.8) is 0 Å². The highest BCUT2D eigenvalue weighted by molar-refractivity contribution is 5.77. The summed E-state index contributed by atoms with van der Waals surface area (Å²) in [5.41, 5.74) is 10.4. The van der Waals surface area contributed by atoms with Crippen molar-refractivity contribution in [1.82, 2.24) is 19.9 Å². The van der Waals surface area contributed by atoms with E-state index in [4.69, 9.17) is 4.98 Å². The molecule has 282 valence electrons. The van der Waals surface area contributed by atoms with Crippen molar-refractivity contribution < 1.29 is 4.79 Å². The van der Waals surface area contributed by atoms with E-state index in [1.54, 1.807) is 6.20 Å². The molecule has 0 unspecified atom stereocenters. The average molecular weight is 725 g/mol. The van der Waals surface area contributed by atoms with Crippen molar-refractivity contribution in [3.8, 4) is 22.5 Å². The van der Waals surface area contributed by atoms with Crippen LogP contribution in [0.15, 0.2) is 89.9 Å². The molecule has 8 nitrogen and oxygen atoms in total. The van der Waals surface area contributed by atoms with Crippen molar-refractivity contribution in [2.24, 2.45) is 5.92 Å². The molecule has 5 aromatic rings. The van der Waals surface area contributed by atoms with E-state index in [1.807, 2.05) is 24.3 Å². The van der Waals surface area contributed by atoms with Gasteiger partial charge in [0, 0.05) is 42.3 Å². The maximum atomic E-state index is 14.2. The first-order valence-corrected chi connectivity index (χ1v) is 20.2. The van der Waals surface area contributed by atoms with Crippen LogP contribution in [-0.4, -0.2) is 33.5 Å². The van der Waals surface area contributed by atoms with Crippen LogP contribution in [0.2, 0.25) is 0 Å². The second-order valence-electron chi connectivity index (χ2n) is 15.4. The van der Waals surface area contributed by atoms with Crippen LogP contribution >= 0.6 is 0 Å². The number of H-pyrrole nitrogens is 1. The van der Waals surface area contributed by atoms with Crippen molar-refractivity contribution in [1.29, 1.82) is 0 Å². The van der Waals surface area contributed by atoms with E-state index in [2.05, 4.69) is 95.9 Å². The molecule has 2 aromatic heterocycles. The summed E-state index contributed by atoms with van der Waals surface area (Å²) in [5.74, 6) is 1.71. The van der Waals surface area contributed by atoms with Gasteiger partial charge in [-0.25, -0.2) is 4.98 Å². The summed E-state index contributed by atoms with van der Waals surface area (Å²) in [7, 11) is 0. The van der Waals surface area contributed by atoms with Crippen molar-refractivity contribution in [2.45, 2.75) is 104 Å². The molecule has 0 atom stereocenters. The Hall–Kier alpha value is -5.11. The number of hydrogen-bond acceptors (Lipinski definition) is 5. The van der Waals surface area contributed by atoms with Crippen LogP contribution < -0.4 is 21.1 Å². The van der Waals surface area contributed by atoms with Gasteiger partial charge in [0.05, 0.1) is 12.7 Å². The predicted molar refractivity (Wildman–Crippen MR) is 221 cm³/mol. The van der Waals surface area contributed by atoms with E-state index in [0.717, 1.165) is 54.4 Å². The lowest BCUT2D eigenvalue weighted by atomic mass is 9.77. The zero-order valence-electron chi connectivity index (χ0n) is 32.3. The molecule has 0 spiro atoms. The third-order valence-corrected chi connectivity index (χ3v) is 11.6. The highest BCUT2D eigenvalue weighted by atomic mass is 16.2. The number of rotatable bonds is 17. The molecule has 0 aliphatic heterocycles. The Morgan fingerprint density at radius 2 is 1.67 bits per heavy atom. The molecular weight excluding hydrogens is 669 g/mol. The Kier molecular flexibility index (Phi) is 12.0. The fourth-order valence-electron chi connectivity index (χ4n) is 7.85. The summed E-state index contributed by atoms with van der Waals surface area (Å²) in [4.78, 5) is 38.3. The van der Waals surface area contributed by atoms with Gasteiger partial charge >= 0.3 is 0 Å². The normalized spacial score (nSPS) is 14.4. The minimum atomic E-state index is -0.275.